The lowest BCUT2D eigenvalue weighted by Crippen LogP contribution is -2.54. The summed E-state index contributed by atoms with van der Waals surface area (Å²) in [6.07, 6.45) is 17.5. The van der Waals surface area contributed by atoms with Gasteiger partial charge in [0.1, 0.15) is 6.47 Å². The average molecular weight is 792 g/mol. The number of hydrogen-bond acceptors (Lipinski definition) is 4. The fourth-order valence-corrected chi connectivity index (χ4v) is 10.7. The fraction of sp³-hybridized carbons (Fsp3) is 0.933. The molecule has 8 unspecified atom stereocenters. The van der Waals surface area contributed by atoms with E-state index in [1.165, 1.54) is 64.2 Å². The molecule has 4 nitrogen and oxygen atoms in total. The van der Waals surface area contributed by atoms with E-state index in [-0.39, 0.29) is 6.47 Å². The molecule has 0 aliphatic heterocycles. The number of alkyl halides is 4. The van der Waals surface area contributed by atoms with Crippen molar-refractivity contribution in [3.05, 3.63) is 0 Å². The molecule has 0 radical (unpaired) electrons. The summed E-state index contributed by atoms with van der Waals surface area (Å²) in [6, 6.07) is 0. The Bertz CT molecular complexity index is 716. The van der Waals surface area contributed by atoms with E-state index in [1.54, 1.807) is 14.2 Å². The Morgan fingerprint density at radius 1 is 0.684 bits per heavy atom. The third kappa shape index (κ3) is 7.38. The van der Waals surface area contributed by atoms with Crippen molar-refractivity contribution in [2.24, 2.45) is 35.5 Å². The van der Waals surface area contributed by atoms with Gasteiger partial charge in [-0.15, -0.1) is 0 Å². The Balaban J connectivity index is 0.000000211. The molecule has 0 N–H and O–H groups in total. The summed E-state index contributed by atoms with van der Waals surface area (Å²) in [6.45, 7) is 4.35. The van der Waals surface area contributed by atoms with Gasteiger partial charge < -0.3 is 9.47 Å². The zero-order valence-corrected chi connectivity index (χ0v) is 30.0. The SMILES string of the molecule is CCC(CCCCC1CCC2C1C(=O)C2(Br)Br)OC.CCC(CCCCC1CCC2C1C(=O)C2(Br)Br)OC. The van der Waals surface area contributed by atoms with Crippen LogP contribution in [0.4, 0.5) is 0 Å². The molecular weight excluding hydrogens is 744 g/mol. The Kier molecular flexibility index (Phi) is 13.4. The monoisotopic (exact) mass is 788 g/mol. The van der Waals surface area contributed by atoms with Crippen LogP contribution in [0.25, 0.3) is 0 Å². The summed E-state index contributed by atoms with van der Waals surface area (Å²) in [4.78, 5) is 24.2. The summed E-state index contributed by atoms with van der Waals surface area (Å²) >= 11 is 14.1. The molecule has 0 saturated heterocycles. The molecule has 0 bridgehead atoms. The summed E-state index contributed by atoms with van der Waals surface area (Å²) in [5.41, 5.74) is 0. The predicted molar refractivity (Wildman–Crippen MR) is 170 cm³/mol. The van der Waals surface area contributed by atoms with Crippen molar-refractivity contribution >= 4 is 75.3 Å². The van der Waals surface area contributed by atoms with Crippen LogP contribution in [0.1, 0.15) is 104 Å². The van der Waals surface area contributed by atoms with Crippen LogP contribution in [0.2, 0.25) is 0 Å². The van der Waals surface area contributed by atoms with Crippen LogP contribution in [0.3, 0.4) is 0 Å². The van der Waals surface area contributed by atoms with Crippen molar-refractivity contribution in [3.8, 4) is 0 Å². The van der Waals surface area contributed by atoms with Crippen LogP contribution in [-0.4, -0.2) is 44.5 Å². The molecule has 4 aliphatic carbocycles. The van der Waals surface area contributed by atoms with Crippen molar-refractivity contribution in [2.45, 2.75) is 122 Å². The molecule has 8 heteroatoms. The number of carbonyl (C=O) groups excluding carboxylic acids is 2. The van der Waals surface area contributed by atoms with Crippen LogP contribution in [0.5, 0.6) is 0 Å². The van der Waals surface area contributed by atoms with Gasteiger partial charge in [0, 0.05) is 37.9 Å². The maximum atomic E-state index is 12.1. The summed E-state index contributed by atoms with van der Waals surface area (Å²) in [5.74, 6) is 3.70. The largest absolute Gasteiger partial charge is 0.381 e. The van der Waals surface area contributed by atoms with Gasteiger partial charge in [-0.05, 0) is 76.0 Å². The first kappa shape index (κ1) is 33.7. The van der Waals surface area contributed by atoms with Crippen LogP contribution >= 0.6 is 63.7 Å². The predicted octanol–water partition coefficient (Wildman–Crippen LogP) is 9.37. The highest BCUT2D eigenvalue weighted by molar-refractivity contribution is 9.26. The molecule has 8 atom stereocenters. The maximum Gasteiger partial charge on any atom is 0.164 e. The molecule has 0 heterocycles. The minimum atomic E-state index is -0.386. The number of rotatable bonds is 14. The summed E-state index contributed by atoms with van der Waals surface area (Å²) in [7, 11) is 3.60. The van der Waals surface area contributed by atoms with Crippen LogP contribution < -0.4 is 0 Å². The summed E-state index contributed by atoms with van der Waals surface area (Å²) < 4.78 is 10.0. The number of ketones is 2. The Morgan fingerprint density at radius 2 is 1.05 bits per heavy atom. The zero-order chi connectivity index (χ0) is 28.1. The third-order valence-corrected chi connectivity index (χ3v) is 14.0. The molecule has 0 aromatic heterocycles. The van der Waals surface area contributed by atoms with E-state index < -0.39 is 0 Å². The highest BCUT2D eigenvalue weighted by Gasteiger charge is 2.64. The molecular formula is C30H48Br4O4. The maximum absolute atomic E-state index is 12.1. The van der Waals surface area contributed by atoms with Crippen molar-refractivity contribution in [3.63, 3.8) is 0 Å². The van der Waals surface area contributed by atoms with Gasteiger partial charge in [0.25, 0.3) is 0 Å². The lowest BCUT2D eigenvalue weighted by atomic mass is 9.70. The number of methoxy groups -OCH3 is 2. The van der Waals surface area contributed by atoms with Gasteiger partial charge in [0.2, 0.25) is 0 Å². The van der Waals surface area contributed by atoms with Gasteiger partial charge in [-0.3, -0.25) is 9.59 Å². The molecule has 4 aliphatic rings. The molecule has 220 valence electrons. The van der Waals surface area contributed by atoms with E-state index in [0.717, 1.165) is 25.7 Å². The van der Waals surface area contributed by atoms with E-state index in [9.17, 15) is 9.59 Å². The lowest BCUT2D eigenvalue weighted by molar-refractivity contribution is -0.135. The smallest absolute Gasteiger partial charge is 0.164 e. The molecule has 38 heavy (non-hydrogen) atoms. The Morgan fingerprint density at radius 3 is 1.37 bits per heavy atom. The molecule has 4 fully saturated rings. The second-order valence-electron chi connectivity index (χ2n) is 12.0. The van der Waals surface area contributed by atoms with Crippen molar-refractivity contribution in [1.82, 2.24) is 0 Å². The van der Waals surface area contributed by atoms with Gasteiger partial charge in [-0.2, -0.15) is 0 Å². The van der Waals surface area contributed by atoms with Gasteiger partial charge in [0.15, 0.2) is 11.6 Å². The molecule has 0 aromatic carbocycles. The molecule has 4 rings (SSSR count). The number of ether oxygens (including phenoxy) is 2. The summed E-state index contributed by atoms with van der Waals surface area (Å²) in [5, 5.41) is 0. The second kappa shape index (κ2) is 15.1. The standard InChI is InChI=1S/2C15H24Br2O2/c2*1-3-11(19-2)7-5-4-6-10-8-9-12-13(10)14(18)15(12,16)17/h2*10-13H,3-9H2,1-2H3. The van der Waals surface area contributed by atoms with Crippen LogP contribution in [0, 0.1) is 35.5 Å². The number of hydrogen-bond donors (Lipinski definition) is 0. The highest BCUT2D eigenvalue weighted by atomic mass is 79.9. The minimum absolute atomic E-state index is 0.322. The van der Waals surface area contributed by atoms with Gasteiger partial charge in [0.05, 0.1) is 12.2 Å². The normalized spacial score (nSPS) is 33.9. The average Bonchev–Trinajstić information content (AvgIpc) is 3.51. The number of unbranched alkanes of at least 4 members (excludes halogenated alkanes) is 2. The van der Waals surface area contributed by atoms with Gasteiger partial charge >= 0.3 is 0 Å². The second-order valence-corrected chi connectivity index (χ2v) is 19.1. The van der Waals surface area contributed by atoms with Gasteiger partial charge in [-0.1, -0.05) is 103 Å². The quantitative estimate of drug-likeness (QED) is 0.130. The number of carbonyl (C=O) groups is 2. The third-order valence-electron chi connectivity index (χ3n) is 10.1. The molecule has 0 spiro atoms. The molecule has 0 amide bonds. The van der Waals surface area contributed by atoms with E-state index >= 15 is 0 Å². The van der Waals surface area contributed by atoms with Crippen LogP contribution in [-0.2, 0) is 19.1 Å². The molecule has 0 aromatic rings. The number of Topliss-reactive ketones (excluding diaryl/α,β-unsaturated/α-hetero) is 2. The zero-order valence-electron chi connectivity index (χ0n) is 23.7. The minimum Gasteiger partial charge on any atom is -0.381 e. The van der Waals surface area contributed by atoms with E-state index in [1.807, 2.05) is 0 Å². The first-order chi connectivity index (χ1) is 18.0. The van der Waals surface area contributed by atoms with E-state index in [2.05, 4.69) is 77.6 Å². The van der Waals surface area contributed by atoms with Crippen molar-refractivity contribution < 1.29 is 19.1 Å². The van der Waals surface area contributed by atoms with Crippen LogP contribution in [0.15, 0.2) is 0 Å². The van der Waals surface area contributed by atoms with Gasteiger partial charge in [-0.25, -0.2) is 0 Å². The topological polar surface area (TPSA) is 52.6 Å². The van der Waals surface area contributed by atoms with Crippen molar-refractivity contribution in [2.75, 3.05) is 14.2 Å². The number of fused-ring (bicyclic) bond motifs is 2. The molecule has 4 saturated carbocycles. The number of halogens is 4. The van der Waals surface area contributed by atoms with Crippen molar-refractivity contribution in [1.29, 1.82) is 0 Å². The first-order valence-corrected chi connectivity index (χ1v) is 18.1. The Hall–Kier alpha value is 1.18. The van der Waals surface area contributed by atoms with E-state index in [0.29, 0.717) is 59.3 Å². The van der Waals surface area contributed by atoms with E-state index in [4.69, 9.17) is 9.47 Å². The Labute approximate surface area is 264 Å². The fourth-order valence-electron chi connectivity index (χ4n) is 7.57. The lowest BCUT2D eigenvalue weighted by Gasteiger charge is -2.44. The highest BCUT2D eigenvalue weighted by Crippen LogP contribution is 2.62. The first-order valence-electron chi connectivity index (χ1n) is 14.9.